The molecule has 1 aromatic rings. The van der Waals surface area contributed by atoms with E-state index in [1.807, 2.05) is 0 Å². The highest BCUT2D eigenvalue weighted by Crippen LogP contribution is 2.22. The molecule has 2 unspecified atom stereocenters. The van der Waals surface area contributed by atoms with Crippen LogP contribution in [-0.2, 0) is 10.8 Å². The van der Waals surface area contributed by atoms with Gasteiger partial charge in [-0.3, -0.25) is 4.21 Å². The Labute approximate surface area is 102 Å². The lowest BCUT2D eigenvalue weighted by atomic mass is 10.1. The van der Waals surface area contributed by atoms with E-state index in [9.17, 15) is 8.60 Å². The maximum atomic E-state index is 13.0. The maximum absolute atomic E-state index is 13.0. The van der Waals surface area contributed by atoms with Gasteiger partial charge in [0.2, 0.25) is 0 Å². The lowest BCUT2D eigenvalue weighted by Gasteiger charge is -2.15. The Morgan fingerprint density at radius 2 is 2.31 bits per heavy atom. The highest BCUT2D eigenvalue weighted by molar-refractivity contribution is 7.85. The van der Waals surface area contributed by atoms with E-state index in [0.29, 0.717) is 5.75 Å². The lowest BCUT2D eigenvalue weighted by molar-refractivity contribution is 0.583. The van der Waals surface area contributed by atoms with Crippen LogP contribution in [0.3, 0.4) is 0 Å². The molecule has 0 radical (unpaired) electrons. The average Bonchev–Trinajstić information content (AvgIpc) is 2.47. The van der Waals surface area contributed by atoms with E-state index >= 15 is 0 Å². The molecule has 1 heterocycles. The minimum absolute atomic E-state index is 0.0152. The summed E-state index contributed by atoms with van der Waals surface area (Å²) in [6.07, 6.45) is 0.915. The zero-order valence-electron chi connectivity index (χ0n) is 8.71. The Kier molecular flexibility index (Phi) is 3.95. The predicted molar refractivity (Wildman–Crippen MR) is 64.6 cm³/mol. The molecule has 0 saturated carbocycles. The zero-order chi connectivity index (χ0) is 11.5. The molecule has 0 aliphatic carbocycles. The molecule has 1 aliphatic rings. The molecule has 2 rings (SSSR count). The molecule has 1 aromatic carbocycles. The van der Waals surface area contributed by atoms with Crippen molar-refractivity contribution in [1.82, 2.24) is 5.32 Å². The Bertz CT molecular complexity index is 413. The van der Waals surface area contributed by atoms with Crippen molar-refractivity contribution >= 4 is 22.4 Å². The summed E-state index contributed by atoms with van der Waals surface area (Å²) in [6.45, 7) is 0.839. The van der Waals surface area contributed by atoms with Crippen molar-refractivity contribution in [3.63, 3.8) is 0 Å². The molecular formula is C11H13ClFNOS. The van der Waals surface area contributed by atoms with E-state index in [1.165, 1.54) is 6.07 Å². The Morgan fingerprint density at radius 1 is 1.50 bits per heavy atom. The fraction of sp³-hybridized carbons (Fsp3) is 0.455. The topological polar surface area (TPSA) is 29.1 Å². The minimum Gasteiger partial charge on any atom is -0.309 e. The van der Waals surface area contributed by atoms with E-state index in [1.54, 1.807) is 12.1 Å². The third kappa shape index (κ3) is 2.81. The van der Waals surface area contributed by atoms with Crippen LogP contribution in [0.25, 0.3) is 0 Å². The number of hydrogen-bond acceptors (Lipinski definition) is 2. The zero-order valence-corrected chi connectivity index (χ0v) is 10.3. The highest BCUT2D eigenvalue weighted by atomic mass is 35.5. The van der Waals surface area contributed by atoms with Gasteiger partial charge in [-0.2, -0.15) is 0 Å². The molecule has 0 amide bonds. The van der Waals surface area contributed by atoms with Crippen molar-refractivity contribution in [3.05, 3.63) is 34.6 Å². The van der Waals surface area contributed by atoms with Gasteiger partial charge in [-0.25, -0.2) is 4.39 Å². The van der Waals surface area contributed by atoms with Crippen LogP contribution in [0.4, 0.5) is 4.39 Å². The molecular weight excluding hydrogens is 249 g/mol. The second-order valence-electron chi connectivity index (χ2n) is 3.84. The van der Waals surface area contributed by atoms with Crippen LogP contribution < -0.4 is 5.32 Å². The van der Waals surface area contributed by atoms with Crippen LogP contribution in [0.1, 0.15) is 18.0 Å². The van der Waals surface area contributed by atoms with Crippen molar-refractivity contribution < 1.29 is 8.60 Å². The standard InChI is InChI=1S/C11H13ClFNOS/c12-9-6-8(2-3-10(9)13)11-7-16(15)5-1-4-14-11/h2-3,6,11,14H,1,4-5,7H2. The van der Waals surface area contributed by atoms with E-state index in [2.05, 4.69) is 5.32 Å². The van der Waals surface area contributed by atoms with E-state index in [0.717, 1.165) is 24.3 Å². The Hall–Kier alpha value is -0.450. The molecule has 2 atom stereocenters. The Morgan fingerprint density at radius 3 is 3.06 bits per heavy atom. The molecule has 88 valence electrons. The second kappa shape index (κ2) is 5.25. The maximum Gasteiger partial charge on any atom is 0.141 e. The molecule has 0 spiro atoms. The van der Waals surface area contributed by atoms with E-state index < -0.39 is 16.6 Å². The van der Waals surface area contributed by atoms with Gasteiger partial charge in [-0.05, 0) is 30.7 Å². The van der Waals surface area contributed by atoms with Crippen molar-refractivity contribution in [1.29, 1.82) is 0 Å². The van der Waals surface area contributed by atoms with Gasteiger partial charge in [0.05, 0.1) is 5.02 Å². The van der Waals surface area contributed by atoms with Gasteiger partial charge in [-0.15, -0.1) is 0 Å². The van der Waals surface area contributed by atoms with Crippen LogP contribution >= 0.6 is 11.6 Å². The molecule has 0 bridgehead atoms. The largest absolute Gasteiger partial charge is 0.309 e. The summed E-state index contributed by atoms with van der Waals surface area (Å²) in [6, 6.07) is 4.67. The van der Waals surface area contributed by atoms with Gasteiger partial charge < -0.3 is 5.32 Å². The highest BCUT2D eigenvalue weighted by Gasteiger charge is 2.18. The number of halogens is 2. The summed E-state index contributed by atoms with van der Waals surface area (Å²) in [5.41, 5.74) is 0.904. The smallest absolute Gasteiger partial charge is 0.141 e. The number of hydrogen-bond donors (Lipinski definition) is 1. The van der Waals surface area contributed by atoms with Crippen molar-refractivity contribution in [2.24, 2.45) is 0 Å². The minimum atomic E-state index is -0.799. The van der Waals surface area contributed by atoms with Crippen LogP contribution in [0.15, 0.2) is 18.2 Å². The molecule has 0 aromatic heterocycles. The second-order valence-corrected chi connectivity index (χ2v) is 5.87. The first-order valence-corrected chi connectivity index (χ1v) is 7.07. The first-order valence-electron chi connectivity index (χ1n) is 5.20. The molecule has 1 aliphatic heterocycles. The molecule has 16 heavy (non-hydrogen) atoms. The normalized spacial score (nSPS) is 26.4. The molecule has 2 nitrogen and oxygen atoms in total. The quantitative estimate of drug-likeness (QED) is 0.840. The summed E-state index contributed by atoms with van der Waals surface area (Å²) in [7, 11) is -0.799. The average molecular weight is 262 g/mol. The number of benzene rings is 1. The van der Waals surface area contributed by atoms with Gasteiger partial charge in [0.25, 0.3) is 0 Å². The Balaban J connectivity index is 2.21. The van der Waals surface area contributed by atoms with Gasteiger partial charge >= 0.3 is 0 Å². The van der Waals surface area contributed by atoms with Crippen LogP contribution in [-0.4, -0.2) is 22.3 Å². The van der Waals surface area contributed by atoms with Crippen LogP contribution in [0.5, 0.6) is 0 Å². The molecule has 5 heteroatoms. The van der Waals surface area contributed by atoms with Crippen molar-refractivity contribution in [2.45, 2.75) is 12.5 Å². The number of nitrogens with one attached hydrogen (secondary N) is 1. The fourth-order valence-electron chi connectivity index (χ4n) is 1.78. The summed E-state index contributed by atoms with van der Waals surface area (Å²) in [5.74, 6) is 0.889. The summed E-state index contributed by atoms with van der Waals surface area (Å²) < 4.78 is 24.6. The summed E-state index contributed by atoms with van der Waals surface area (Å²) >= 11 is 5.73. The van der Waals surface area contributed by atoms with E-state index in [4.69, 9.17) is 11.6 Å². The summed E-state index contributed by atoms with van der Waals surface area (Å²) in [4.78, 5) is 0. The van der Waals surface area contributed by atoms with Crippen molar-refractivity contribution in [2.75, 3.05) is 18.1 Å². The van der Waals surface area contributed by atoms with Gasteiger partial charge in [0, 0.05) is 28.3 Å². The van der Waals surface area contributed by atoms with Crippen LogP contribution in [0, 0.1) is 5.82 Å². The first kappa shape index (κ1) is 12.0. The van der Waals surface area contributed by atoms with Gasteiger partial charge in [0.1, 0.15) is 5.82 Å². The van der Waals surface area contributed by atoms with Crippen LogP contribution in [0.2, 0.25) is 5.02 Å². The van der Waals surface area contributed by atoms with E-state index in [-0.39, 0.29) is 11.1 Å². The predicted octanol–water partition coefficient (Wildman–Crippen LogP) is 2.26. The monoisotopic (exact) mass is 261 g/mol. The third-order valence-electron chi connectivity index (χ3n) is 2.64. The van der Waals surface area contributed by atoms with Crippen molar-refractivity contribution in [3.8, 4) is 0 Å². The molecule has 1 saturated heterocycles. The lowest BCUT2D eigenvalue weighted by Crippen LogP contribution is -2.23. The number of rotatable bonds is 1. The molecule has 1 N–H and O–H groups in total. The summed E-state index contributed by atoms with van der Waals surface area (Å²) in [5, 5.41) is 3.42. The molecule has 1 fully saturated rings. The third-order valence-corrected chi connectivity index (χ3v) is 4.38. The fourth-order valence-corrected chi connectivity index (χ4v) is 3.28. The van der Waals surface area contributed by atoms with Gasteiger partial charge in [0.15, 0.2) is 0 Å². The van der Waals surface area contributed by atoms with Gasteiger partial charge in [-0.1, -0.05) is 17.7 Å². The first-order chi connectivity index (χ1) is 7.66. The SMILES string of the molecule is O=S1CCCNC(c2ccc(F)c(Cl)c2)C1.